The van der Waals surface area contributed by atoms with E-state index < -0.39 is 0 Å². The third-order valence-electron chi connectivity index (χ3n) is 2.84. The van der Waals surface area contributed by atoms with E-state index in [1.165, 1.54) is 11.3 Å². The van der Waals surface area contributed by atoms with Crippen molar-refractivity contribution >= 4 is 5.69 Å². The summed E-state index contributed by atoms with van der Waals surface area (Å²) >= 11 is 0. The third kappa shape index (κ3) is 4.23. The molecule has 1 atom stereocenters. The van der Waals surface area contributed by atoms with Gasteiger partial charge in [-0.15, -0.1) is 0 Å². The van der Waals surface area contributed by atoms with Crippen LogP contribution in [-0.4, -0.2) is 19.8 Å². The maximum atomic E-state index is 5.14. The molecule has 0 bridgehead atoms. The smallest absolute Gasteiger partial charge is 0.0481 e. The van der Waals surface area contributed by atoms with E-state index in [-0.39, 0.29) is 0 Å². The van der Waals surface area contributed by atoms with Gasteiger partial charge in [0.05, 0.1) is 0 Å². The number of methoxy groups -OCH3 is 1. The van der Waals surface area contributed by atoms with Gasteiger partial charge in [-0.1, -0.05) is 31.5 Å². The molecule has 0 aliphatic heterocycles. The molecular weight excluding hydrogens is 198 g/mol. The highest BCUT2D eigenvalue weighted by atomic mass is 16.5. The Bertz CT molecular complexity index is 292. The Morgan fingerprint density at radius 1 is 1.19 bits per heavy atom. The lowest BCUT2D eigenvalue weighted by Gasteiger charge is -2.23. The summed E-state index contributed by atoms with van der Waals surface area (Å²) in [4.78, 5) is 0. The second-order valence-corrected chi connectivity index (χ2v) is 4.64. The lowest BCUT2D eigenvalue weighted by Crippen LogP contribution is -2.27. The van der Waals surface area contributed by atoms with E-state index in [4.69, 9.17) is 4.74 Å². The van der Waals surface area contributed by atoms with E-state index >= 15 is 0 Å². The molecule has 0 aromatic heterocycles. The van der Waals surface area contributed by atoms with Crippen LogP contribution in [0.15, 0.2) is 24.3 Å². The first-order valence-electron chi connectivity index (χ1n) is 5.95. The molecule has 0 aliphatic rings. The number of hydrogen-bond acceptors (Lipinski definition) is 2. The molecule has 2 heteroatoms. The SMILES string of the molecule is COCCC(Nc1ccc(C)cc1)C(C)C. The van der Waals surface area contributed by atoms with Gasteiger partial charge in [0.15, 0.2) is 0 Å². The maximum absolute atomic E-state index is 5.14. The van der Waals surface area contributed by atoms with Crippen LogP contribution in [-0.2, 0) is 4.74 Å². The van der Waals surface area contributed by atoms with E-state index in [2.05, 4.69) is 50.4 Å². The fraction of sp³-hybridized carbons (Fsp3) is 0.571. The number of nitrogens with one attached hydrogen (secondary N) is 1. The minimum absolute atomic E-state index is 0.475. The Hall–Kier alpha value is -1.02. The number of benzene rings is 1. The molecule has 0 amide bonds. The van der Waals surface area contributed by atoms with Gasteiger partial charge in [0.1, 0.15) is 0 Å². The van der Waals surface area contributed by atoms with E-state index in [9.17, 15) is 0 Å². The van der Waals surface area contributed by atoms with Gasteiger partial charge in [0.2, 0.25) is 0 Å². The molecule has 1 aromatic rings. The number of aryl methyl sites for hydroxylation is 1. The Morgan fingerprint density at radius 3 is 2.31 bits per heavy atom. The Morgan fingerprint density at radius 2 is 1.81 bits per heavy atom. The van der Waals surface area contributed by atoms with Crippen LogP contribution in [0.25, 0.3) is 0 Å². The quantitative estimate of drug-likeness (QED) is 0.794. The fourth-order valence-electron chi connectivity index (χ4n) is 1.68. The van der Waals surface area contributed by atoms with Crippen molar-refractivity contribution in [2.24, 2.45) is 5.92 Å². The van der Waals surface area contributed by atoms with Gasteiger partial charge >= 0.3 is 0 Å². The van der Waals surface area contributed by atoms with Gasteiger partial charge < -0.3 is 10.1 Å². The molecule has 0 radical (unpaired) electrons. The molecule has 90 valence electrons. The summed E-state index contributed by atoms with van der Waals surface area (Å²) in [6.07, 6.45) is 1.04. The van der Waals surface area contributed by atoms with E-state index in [1.807, 2.05) is 0 Å². The van der Waals surface area contributed by atoms with E-state index in [0.29, 0.717) is 12.0 Å². The average molecular weight is 221 g/mol. The normalized spacial score (nSPS) is 12.8. The van der Waals surface area contributed by atoms with Crippen LogP contribution in [0.3, 0.4) is 0 Å². The summed E-state index contributed by atoms with van der Waals surface area (Å²) in [6, 6.07) is 9.02. The van der Waals surface area contributed by atoms with Crippen LogP contribution in [0, 0.1) is 12.8 Å². The van der Waals surface area contributed by atoms with Crippen LogP contribution in [0.1, 0.15) is 25.8 Å². The molecule has 0 fully saturated rings. The van der Waals surface area contributed by atoms with Crippen LogP contribution >= 0.6 is 0 Å². The average Bonchev–Trinajstić information content (AvgIpc) is 2.26. The number of anilines is 1. The van der Waals surface area contributed by atoms with Crippen molar-refractivity contribution < 1.29 is 4.74 Å². The molecule has 0 spiro atoms. The van der Waals surface area contributed by atoms with Crippen molar-refractivity contribution in [3.63, 3.8) is 0 Å². The third-order valence-corrected chi connectivity index (χ3v) is 2.84. The topological polar surface area (TPSA) is 21.3 Å². The molecular formula is C14H23NO. The zero-order valence-corrected chi connectivity index (χ0v) is 10.8. The van der Waals surface area contributed by atoms with Crippen molar-refractivity contribution in [1.82, 2.24) is 0 Å². The van der Waals surface area contributed by atoms with Gasteiger partial charge in [-0.25, -0.2) is 0 Å². The number of ether oxygens (including phenoxy) is 1. The summed E-state index contributed by atoms with van der Waals surface area (Å²) in [7, 11) is 1.75. The highest BCUT2D eigenvalue weighted by Gasteiger charge is 2.12. The highest BCUT2D eigenvalue weighted by Crippen LogP contribution is 2.15. The molecule has 2 nitrogen and oxygen atoms in total. The summed E-state index contributed by atoms with van der Waals surface area (Å²) in [5.41, 5.74) is 2.49. The molecule has 0 saturated heterocycles. The van der Waals surface area contributed by atoms with Crippen molar-refractivity contribution in [3.8, 4) is 0 Å². The Kier molecular flexibility index (Phi) is 5.33. The monoisotopic (exact) mass is 221 g/mol. The molecule has 1 rings (SSSR count). The van der Waals surface area contributed by atoms with Crippen LogP contribution in [0.5, 0.6) is 0 Å². The molecule has 0 saturated carbocycles. The predicted octanol–water partition coefficient (Wildman–Crippen LogP) is 3.47. The Labute approximate surface area is 99.0 Å². The first kappa shape index (κ1) is 13.0. The van der Waals surface area contributed by atoms with Crippen molar-refractivity contribution in [1.29, 1.82) is 0 Å². The number of hydrogen-bond donors (Lipinski definition) is 1. The summed E-state index contributed by atoms with van der Waals surface area (Å²) in [5.74, 6) is 0.608. The first-order chi connectivity index (χ1) is 7.63. The minimum atomic E-state index is 0.475. The molecule has 1 aromatic carbocycles. The van der Waals surface area contributed by atoms with Crippen molar-refractivity contribution in [2.75, 3.05) is 19.0 Å². The summed E-state index contributed by atoms with van der Waals surface area (Å²) in [5, 5.41) is 3.56. The second-order valence-electron chi connectivity index (χ2n) is 4.64. The second kappa shape index (κ2) is 6.54. The predicted molar refractivity (Wildman–Crippen MR) is 69.9 cm³/mol. The zero-order chi connectivity index (χ0) is 12.0. The lowest BCUT2D eigenvalue weighted by molar-refractivity contribution is 0.184. The van der Waals surface area contributed by atoms with Gasteiger partial charge in [-0.05, 0) is 31.4 Å². The molecule has 16 heavy (non-hydrogen) atoms. The Balaban J connectivity index is 2.57. The lowest BCUT2D eigenvalue weighted by atomic mass is 10.0. The van der Waals surface area contributed by atoms with Crippen LogP contribution < -0.4 is 5.32 Å². The van der Waals surface area contributed by atoms with Crippen LogP contribution in [0.4, 0.5) is 5.69 Å². The summed E-state index contributed by atoms with van der Waals surface area (Å²) in [6.45, 7) is 7.39. The standard InChI is InChI=1S/C14H23NO/c1-11(2)14(9-10-16-4)15-13-7-5-12(3)6-8-13/h5-8,11,14-15H,9-10H2,1-4H3. The molecule has 0 heterocycles. The van der Waals surface area contributed by atoms with Crippen molar-refractivity contribution in [3.05, 3.63) is 29.8 Å². The van der Waals surface area contributed by atoms with Gasteiger partial charge in [-0.2, -0.15) is 0 Å². The van der Waals surface area contributed by atoms with Crippen LogP contribution in [0.2, 0.25) is 0 Å². The first-order valence-corrected chi connectivity index (χ1v) is 5.95. The van der Waals surface area contributed by atoms with Gasteiger partial charge in [0, 0.05) is 25.4 Å². The molecule has 1 unspecified atom stereocenters. The number of rotatable bonds is 6. The highest BCUT2D eigenvalue weighted by molar-refractivity contribution is 5.45. The largest absolute Gasteiger partial charge is 0.385 e. The zero-order valence-electron chi connectivity index (χ0n) is 10.8. The van der Waals surface area contributed by atoms with Gasteiger partial charge in [-0.3, -0.25) is 0 Å². The fourth-order valence-corrected chi connectivity index (χ4v) is 1.68. The maximum Gasteiger partial charge on any atom is 0.0481 e. The van der Waals surface area contributed by atoms with Crippen molar-refractivity contribution in [2.45, 2.75) is 33.2 Å². The summed E-state index contributed by atoms with van der Waals surface area (Å²) < 4.78 is 5.14. The minimum Gasteiger partial charge on any atom is -0.385 e. The molecule has 0 aliphatic carbocycles. The van der Waals surface area contributed by atoms with Gasteiger partial charge in [0.25, 0.3) is 0 Å². The van der Waals surface area contributed by atoms with E-state index in [0.717, 1.165) is 13.0 Å². The van der Waals surface area contributed by atoms with E-state index in [1.54, 1.807) is 7.11 Å². The molecule has 1 N–H and O–H groups in total.